The van der Waals surface area contributed by atoms with Gasteiger partial charge in [-0.05, 0) is 51.5 Å². The van der Waals surface area contributed by atoms with Gasteiger partial charge in [0.05, 0.1) is 6.61 Å². The lowest BCUT2D eigenvalue weighted by atomic mass is 10.2. The molecule has 0 amide bonds. The number of aliphatic hydroxyl groups excluding tert-OH is 1. The lowest BCUT2D eigenvalue weighted by molar-refractivity contribution is 0.285. The molecule has 0 fully saturated rings. The second-order valence-corrected chi connectivity index (χ2v) is 8.18. The number of rotatable bonds is 10. The van der Waals surface area contributed by atoms with E-state index < -0.39 is 10.0 Å². The van der Waals surface area contributed by atoms with Crippen molar-refractivity contribution in [2.45, 2.75) is 50.5 Å². The average Bonchev–Trinajstić information content (AvgIpc) is 2.93. The van der Waals surface area contributed by atoms with Crippen molar-refractivity contribution in [2.24, 2.45) is 0 Å². The Kier molecular flexibility index (Phi) is 7.83. The molecule has 1 heterocycles. The van der Waals surface area contributed by atoms with Crippen LogP contribution in [0.5, 0.6) is 0 Å². The summed E-state index contributed by atoms with van der Waals surface area (Å²) >= 11 is 1.11. The van der Waals surface area contributed by atoms with Gasteiger partial charge in [-0.3, -0.25) is 0 Å². The van der Waals surface area contributed by atoms with E-state index in [4.69, 9.17) is 5.11 Å². The molecule has 1 atom stereocenters. The molecule has 0 saturated carbocycles. The summed E-state index contributed by atoms with van der Waals surface area (Å²) in [6, 6.07) is 3.09. The van der Waals surface area contributed by atoms with Gasteiger partial charge in [0.1, 0.15) is 4.21 Å². The molecule has 0 radical (unpaired) electrons. The molecule has 1 rings (SSSR count). The summed E-state index contributed by atoms with van der Waals surface area (Å²) in [4.78, 5) is 2.98. The van der Waals surface area contributed by atoms with Crippen LogP contribution in [0.2, 0.25) is 0 Å². The van der Waals surface area contributed by atoms with Crippen LogP contribution < -0.4 is 4.72 Å². The summed E-state index contributed by atoms with van der Waals surface area (Å²) in [5.41, 5.74) is 0. The Labute approximate surface area is 132 Å². The van der Waals surface area contributed by atoms with Crippen LogP contribution in [0.3, 0.4) is 0 Å². The molecule has 0 aromatic carbocycles. The third-order valence-corrected chi connectivity index (χ3v) is 6.57. The smallest absolute Gasteiger partial charge is 0.250 e. The molecule has 0 aliphatic carbocycles. The minimum atomic E-state index is -3.47. The second kappa shape index (κ2) is 8.85. The molecule has 5 nitrogen and oxygen atoms in total. The lowest BCUT2D eigenvalue weighted by Gasteiger charge is -2.19. The predicted octanol–water partition coefficient (Wildman–Crippen LogP) is 2.03. The van der Waals surface area contributed by atoms with Crippen LogP contribution in [-0.4, -0.2) is 44.1 Å². The van der Waals surface area contributed by atoms with Gasteiger partial charge in [0.2, 0.25) is 10.0 Å². The first kappa shape index (κ1) is 18.6. The Hall–Kier alpha value is -0.470. The first-order valence-corrected chi connectivity index (χ1v) is 9.67. The number of thiophene rings is 1. The van der Waals surface area contributed by atoms with Crippen molar-refractivity contribution in [3.8, 4) is 0 Å². The molecular formula is C14H26N2O3S2. The highest BCUT2D eigenvalue weighted by Gasteiger charge is 2.19. The van der Waals surface area contributed by atoms with Crippen molar-refractivity contribution in [1.29, 1.82) is 0 Å². The number of hydrogen-bond donors (Lipinski definition) is 2. The van der Waals surface area contributed by atoms with Gasteiger partial charge in [0.15, 0.2) is 0 Å². The number of hydrogen-bond acceptors (Lipinski definition) is 5. The summed E-state index contributed by atoms with van der Waals surface area (Å²) < 4.78 is 27.3. The van der Waals surface area contributed by atoms with Crippen molar-refractivity contribution >= 4 is 21.4 Å². The maximum absolute atomic E-state index is 12.2. The molecule has 0 saturated heterocycles. The SMILES string of the molecule is CCN(CC)CCCC(C)NS(=O)(=O)c1ccc(CO)s1. The molecule has 21 heavy (non-hydrogen) atoms. The lowest BCUT2D eigenvalue weighted by Crippen LogP contribution is -2.33. The van der Waals surface area contributed by atoms with E-state index in [-0.39, 0.29) is 16.9 Å². The molecular weight excluding hydrogens is 308 g/mol. The van der Waals surface area contributed by atoms with Gasteiger partial charge in [-0.25, -0.2) is 13.1 Å². The van der Waals surface area contributed by atoms with Gasteiger partial charge in [0.25, 0.3) is 0 Å². The van der Waals surface area contributed by atoms with Crippen LogP contribution in [0.1, 0.15) is 38.5 Å². The summed E-state index contributed by atoms with van der Waals surface area (Å²) in [5.74, 6) is 0. The van der Waals surface area contributed by atoms with Crippen LogP contribution in [0, 0.1) is 0 Å². The van der Waals surface area contributed by atoms with Gasteiger partial charge < -0.3 is 10.0 Å². The Morgan fingerprint density at radius 2 is 2.00 bits per heavy atom. The number of nitrogens with one attached hydrogen (secondary N) is 1. The number of sulfonamides is 1. The molecule has 0 aliphatic rings. The highest BCUT2D eigenvalue weighted by molar-refractivity contribution is 7.91. The van der Waals surface area contributed by atoms with Crippen LogP contribution >= 0.6 is 11.3 Å². The van der Waals surface area contributed by atoms with E-state index in [2.05, 4.69) is 23.5 Å². The Balaban J connectivity index is 2.47. The maximum atomic E-state index is 12.2. The van der Waals surface area contributed by atoms with E-state index >= 15 is 0 Å². The van der Waals surface area contributed by atoms with Gasteiger partial charge in [-0.2, -0.15) is 0 Å². The first-order chi connectivity index (χ1) is 9.92. The van der Waals surface area contributed by atoms with Crippen LogP contribution in [0.25, 0.3) is 0 Å². The van der Waals surface area contributed by atoms with Crippen molar-refractivity contribution < 1.29 is 13.5 Å². The first-order valence-electron chi connectivity index (χ1n) is 7.37. The monoisotopic (exact) mass is 334 g/mol. The summed E-state index contributed by atoms with van der Waals surface area (Å²) in [5, 5.41) is 9.00. The molecule has 1 unspecified atom stereocenters. The van der Waals surface area contributed by atoms with Crippen LogP contribution in [0.15, 0.2) is 16.3 Å². The topological polar surface area (TPSA) is 69.6 Å². The second-order valence-electron chi connectivity index (χ2n) is 5.07. The molecule has 0 aliphatic heterocycles. The Bertz CT molecular complexity index is 510. The van der Waals surface area contributed by atoms with Crippen molar-refractivity contribution in [3.63, 3.8) is 0 Å². The third kappa shape index (κ3) is 6.04. The van der Waals surface area contributed by atoms with Gasteiger partial charge in [0, 0.05) is 10.9 Å². The fourth-order valence-electron chi connectivity index (χ4n) is 2.13. The maximum Gasteiger partial charge on any atom is 0.250 e. The van der Waals surface area contributed by atoms with Gasteiger partial charge in [-0.15, -0.1) is 11.3 Å². The van der Waals surface area contributed by atoms with E-state index in [0.717, 1.165) is 43.8 Å². The van der Waals surface area contributed by atoms with E-state index in [9.17, 15) is 8.42 Å². The summed E-state index contributed by atoms with van der Waals surface area (Å²) in [6.45, 7) is 9.06. The van der Waals surface area contributed by atoms with E-state index in [1.807, 2.05) is 6.92 Å². The van der Waals surface area contributed by atoms with Gasteiger partial charge >= 0.3 is 0 Å². The Morgan fingerprint density at radius 1 is 1.33 bits per heavy atom. The third-order valence-electron chi connectivity index (χ3n) is 3.42. The summed E-state index contributed by atoms with van der Waals surface area (Å²) in [6.07, 6.45) is 1.78. The molecule has 2 N–H and O–H groups in total. The standard InChI is InChI=1S/C14H26N2O3S2/c1-4-16(5-2)10-6-7-12(3)15-21(18,19)14-9-8-13(11-17)20-14/h8-9,12,15,17H,4-7,10-11H2,1-3H3. The summed E-state index contributed by atoms with van der Waals surface area (Å²) in [7, 11) is -3.47. The van der Waals surface area contributed by atoms with Crippen LogP contribution in [-0.2, 0) is 16.6 Å². The fourth-order valence-corrected chi connectivity index (χ4v) is 4.64. The normalized spacial score (nSPS) is 13.8. The van der Waals surface area contributed by atoms with E-state index in [0.29, 0.717) is 4.88 Å². The zero-order valence-corrected chi connectivity index (χ0v) is 14.6. The van der Waals surface area contributed by atoms with Crippen molar-refractivity contribution in [1.82, 2.24) is 9.62 Å². The van der Waals surface area contributed by atoms with Gasteiger partial charge in [-0.1, -0.05) is 13.8 Å². The minimum Gasteiger partial charge on any atom is -0.391 e. The minimum absolute atomic E-state index is 0.0924. The molecule has 7 heteroatoms. The highest BCUT2D eigenvalue weighted by Crippen LogP contribution is 2.21. The zero-order valence-electron chi connectivity index (χ0n) is 13.0. The molecule has 1 aromatic heterocycles. The zero-order chi connectivity index (χ0) is 15.9. The molecule has 1 aromatic rings. The molecule has 0 spiro atoms. The van der Waals surface area contributed by atoms with E-state index in [1.165, 1.54) is 0 Å². The predicted molar refractivity (Wildman–Crippen MR) is 87.0 cm³/mol. The molecule has 122 valence electrons. The quantitative estimate of drug-likeness (QED) is 0.687. The van der Waals surface area contributed by atoms with Crippen molar-refractivity contribution in [3.05, 3.63) is 17.0 Å². The number of nitrogens with zero attached hydrogens (tertiary/aromatic N) is 1. The van der Waals surface area contributed by atoms with Crippen LogP contribution in [0.4, 0.5) is 0 Å². The average molecular weight is 335 g/mol. The Morgan fingerprint density at radius 3 is 2.52 bits per heavy atom. The fraction of sp³-hybridized carbons (Fsp3) is 0.714. The molecule has 0 bridgehead atoms. The van der Waals surface area contributed by atoms with E-state index in [1.54, 1.807) is 12.1 Å². The highest BCUT2D eigenvalue weighted by atomic mass is 32.2. The largest absolute Gasteiger partial charge is 0.391 e. The van der Waals surface area contributed by atoms with Crippen molar-refractivity contribution in [2.75, 3.05) is 19.6 Å². The number of aliphatic hydroxyl groups is 1.